The van der Waals surface area contributed by atoms with Crippen LogP contribution in [0.2, 0.25) is 0 Å². The number of carbonyl (C=O) groups excluding carboxylic acids is 4. The number of amides is 4. The summed E-state index contributed by atoms with van der Waals surface area (Å²) in [6.07, 6.45) is 0. The molecular formula is C23H23N5O7. The van der Waals surface area contributed by atoms with Gasteiger partial charge in [0.15, 0.2) is 6.61 Å². The highest BCUT2D eigenvalue weighted by molar-refractivity contribution is 6.02. The Bertz CT molecular complexity index is 1140. The van der Waals surface area contributed by atoms with Crippen molar-refractivity contribution in [1.29, 1.82) is 0 Å². The van der Waals surface area contributed by atoms with E-state index in [1.165, 1.54) is 18.2 Å². The van der Waals surface area contributed by atoms with Crippen molar-refractivity contribution >= 4 is 35.2 Å². The molecule has 4 amide bonds. The first-order chi connectivity index (χ1) is 16.8. The van der Waals surface area contributed by atoms with Crippen molar-refractivity contribution in [3.05, 3.63) is 69.8 Å². The molecule has 12 heteroatoms. The maximum atomic E-state index is 12.6. The van der Waals surface area contributed by atoms with E-state index < -0.39 is 23.5 Å². The number of rotatable bonds is 7. The number of nitrogens with zero attached hydrogens (tertiary/aromatic N) is 4. The molecule has 2 saturated heterocycles. The van der Waals surface area contributed by atoms with Gasteiger partial charge in [-0.3, -0.25) is 24.6 Å². The lowest BCUT2D eigenvalue weighted by Crippen LogP contribution is -2.49. The van der Waals surface area contributed by atoms with Gasteiger partial charge in [0.1, 0.15) is 0 Å². The third-order valence-corrected chi connectivity index (χ3v) is 5.89. The summed E-state index contributed by atoms with van der Waals surface area (Å²) in [6.45, 7) is 1.30. The van der Waals surface area contributed by atoms with Gasteiger partial charge in [-0.25, -0.2) is 9.59 Å². The van der Waals surface area contributed by atoms with Gasteiger partial charge in [0.05, 0.1) is 23.6 Å². The minimum atomic E-state index is -0.717. The molecule has 0 spiro atoms. The fourth-order valence-electron chi connectivity index (χ4n) is 3.94. The summed E-state index contributed by atoms with van der Waals surface area (Å²) in [5.74, 6) is -1.44. The van der Waals surface area contributed by atoms with Gasteiger partial charge in [0, 0.05) is 44.0 Å². The van der Waals surface area contributed by atoms with Crippen LogP contribution >= 0.6 is 0 Å². The lowest BCUT2D eigenvalue weighted by Gasteiger charge is -2.36. The molecule has 0 aliphatic carbocycles. The van der Waals surface area contributed by atoms with E-state index in [1.807, 2.05) is 4.90 Å². The number of nitrogens with one attached hydrogen (secondary N) is 1. The second-order valence-electron chi connectivity index (χ2n) is 8.01. The fourth-order valence-corrected chi connectivity index (χ4v) is 3.94. The summed E-state index contributed by atoms with van der Waals surface area (Å²) in [5.41, 5.74) is 1.46. The number of carbonyl (C=O) groups is 4. The van der Waals surface area contributed by atoms with Gasteiger partial charge < -0.3 is 19.9 Å². The molecule has 182 valence electrons. The van der Waals surface area contributed by atoms with E-state index >= 15 is 0 Å². The first kappa shape index (κ1) is 23.7. The van der Waals surface area contributed by atoms with Crippen LogP contribution in [0, 0.1) is 10.1 Å². The van der Waals surface area contributed by atoms with Crippen LogP contribution in [0.1, 0.15) is 15.9 Å². The molecule has 1 N–H and O–H groups in total. The molecular weight excluding hydrogens is 458 g/mol. The van der Waals surface area contributed by atoms with Crippen molar-refractivity contribution < 1.29 is 28.8 Å². The Kier molecular flexibility index (Phi) is 6.90. The predicted octanol–water partition coefficient (Wildman–Crippen LogP) is 1.15. The van der Waals surface area contributed by atoms with Crippen molar-refractivity contribution in [3.8, 4) is 0 Å². The Morgan fingerprint density at radius 3 is 2.31 bits per heavy atom. The maximum Gasteiger partial charge on any atom is 0.338 e. The van der Waals surface area contributed by atoms with Crippen molar-refractivity contribution in [2.45, 2.75) is 6.54 Å². The predicted molar refractivity (Wildman–Crippen MR) is 123 cm³/mol. The molecule has 2 aliphatic heterocycles. The first-order valence-corrected chi connectivity index (χ1v) is 10.9. The molecule has 35 heavy (non-hydrogen) atoms. The molecule has 4 rings (SSSR count). The number of esters is 1. The van der Waals surface area contributed by atoms with E-state index in [-0.39, 0.29) is 36.2 Å². The molecule has 0 bridgehead atoms. The number of ether oxygens (including phenoxy) is 1. The normalized spacial score (nSPS) is 15.7. The van der Waals surface area contributed by atoms with Crippen molar-refractivity contribution in [2.75, 3.05) is 44.2 Å². The van der Waals surface area contributed by atoms with E-state index in [0.29, 0.717) is 31.7 Å². The van der Waals surface area contributed by atoms with Crippen LogP contribution < -0.4 is 10.2 Å². The molecule has 2 aliphatic rings. The number of non-ortho nitro benzene ring substituents is 1. The molecule has 2 heterocycles. The van der Waals surface area contributed by atoms with Crippen LogP contribution in [0.5, 0.6) is 0 Å². The topological polar surface area (TPSA) is 142 Å². The number of urea groups is 1. The highest BCUT2D eigenvalue weighted by Gasteiger charge is 2.30. The van der Waals surface area contributed by atoms with Gasteiger partial charge in [-0.05, 0) is 23.8 Å². The summed E-state index contributed by atoms with van der Waals surface area (Å²) < 4.78 is 5.24. The third kappa shape index (κ3) is 5.37. The van der Waals surface area contributed by atoms with E-state index in [0.717, 1.165) is 10.6 Å². The summed E-state index contributed by atoms with van der Waals surface area (Å²) in [5, 5.41) is 13.2. The number of benzene rings is 2. The molecule has 0 unspecified atom stereocenters. The highest BCUT2D eigenvalue weighted by atomic mass is 16.6. The van der Waals surface area contributed by atoms with Crippen LogP contribution in [0.25, 0.3) is 0 Å². The van der Waals surface area contributed by atoms with Crippen LogP contribution in [0.4, 0.5) is 16.2 Å². The molecule has 2 fully saturated rings. The average Bonchev–Trinajstić information content (AvgIpc) is 3.19. The number of hydrogen-bond donors (Lipinski definition) is 1. The lowest BCUT2D eigenvalue weighted by molar-refractivity contribution is -0.384. The van der Waals surface area contributed by atoms with Crippen LogP contribution in [0.15, 0.2) is 48.5 Å². The molecule has 0 atom stereocenters. The van der Waals surface area contributed by atoms with E-state index in [2.05, 4.69) is 5.32 Å². The summed E-state index contributed by atoms with van der Waals surface area (Å²) in [6, 6.07) is 12.2. The van der Waals surface area contributed by atoms with Gasteiger partial charge in [0.25, 0.3) is 11.6 Å². The zero-order valence-electron chi connectivity index (χ0n) is 18.7. The fraction of sp³-hybridized carbons (Fsp3) is 0.304. The van der Waals surface area contributed by atoms with E-state index in [9.17, 15) is 29.3 Å². The molecule has 0 radical (unpaired) electrons. The smallest absolute Gasteiger partial charge is 0.338 e. The number of anilines is 1. The zero-order chi connectivity index (χ0) is 24.9. The number of piperazine rings is 1. The monoisotopic (exact) mass is 481 g/mol. The first-order valence-electron chi connectivity index (χ1n) is 10.9. The largest absolute Gasteiger partial charge is 0.452 e. The second kappa shape index (κ2) is 10.2. The molecule has 0 saturated carbocycles. The van der Waals surface area contributed by atoms with Gasteiger partial charge in [0.2, 0.25) is 5.91 Å². The standard InChI is InChI=1S/C23H23N5O7/c29-20-13-24-23(32)27(20)14-16-3-1-2-4-19(16)22(31)35-15-21(30)26-11-9-25(10-12-26)17-5-7-18(8-6-17)28(33)34/h1-8H,9-15H2,(H,24,32). The Balaban J connectivity index is 1.29. The lowest BCUT2D eigenvalue weighted by atomic mass is 10.1. The Morgan fingerprint density at radius 1 is 1.00 bits per heavy atom. The number of imide groups is 1. The average molecular weight is 481 g/mol. The highest BCUT2D eigenvalue weighted by Crippen LogP contribution is 2.21. The van der Waals surface area contributed by atoms with E-state index in [4.69, 9.17) is 4.74 Å². The van der Waals surface area contributed by atoms with Gasteiger partial charge in [-0.1, -0.05) is 18.2 Å². The van der Waals surface area contributed by atoms with Crippen molar-refractivity contribution in [3.63, 3.8) is 0 Å². The number of nitro groups is 1. The molecule has 12 nitrogen and oxygen atoms in total. The second-order valence-corrected chi connectivity index (χ2v) is 8.01. The minimum Gasteiger partial charge on any atom is -0.452 e. The van der Waals surface area contributed by atoms with Crippen LogP contribution in [-0.2, 0) is 20.9 Å². The summed E-state index contributed by atoms with van der Waals surface area (Å²) in [4.78, 5) is 63.9. The number of hydrogen-bond acceptors (Lipinski definition) is 8. The number of nitro benzene ring substituents is 1. The van der Waals surface area contributed by atoms with Crippen molar-refractivity contribution in [1.82, 2.24) is 15.1 Å². The molecule has 0 aromatic heterocycles. The Labute approximate surface area is 200 Å². The van der Waals surface area contributed by atoms with Gasteiger partial charge >= 0.3 is 12.0 Å². The maximum absolute atomic E-state index is 12.6. The summed E-state index contributed by atoms with van der Waals surface area (Å²) >= 11 is 0. The van der Waals surface area contributed by atoms with Crippen LogP contribution in [0.3, 0.4) is 0 Å². The minimum absolute atomic E-state index is 0.0150. The van der Waals surface area contributed by atoms with Gasteiger partial charge in [-0.2, -0.15) is 0 Å². The third-order valence-electron chi connectivity index (χ3n) is 5.89. The SMILES string of the molecule is O=C(OCC(=O)N1CCN(c2ccc([N+](=O)[O-])cc2)CC1)c1ccccc1CN1C(=O)CNC1=O. The van der Waals surface area contributed by atoms with Crippen molar-refractivity contribution in [2.24, 2.45) is 0 Å². The zero-order valence-corrected chi connectivity index (χ0v) is 18.7. The molecule has 2 aromatic rings. The Hall–Kier alpha value is -4.48. The summed E-state index contributed by atoms with van der Waals surface area (Å²) in [7, 11) is 0. The molecule has 2 aromatic carbocycles. The van der Waals surface area contributed by atoms with E-state index in [1.54, 1.807) is 35.2 Å². The Morgan fingerprint density at radius 2 is 1.69 bits per heavy atom. The van der Waals surface area contributed by atoms with Crippen LogP contribution in [-0.4, -0.2) is 77.9 Å². The quantitative estimate of drug-likeness (QED) is 0.269. The van der Waals surface area contributed by atoms with Gasteiger partial charge in [-0.15, -0.1) is 0 Å².